The van der Waals surface area contributed by atoms with Gasteiger partial charge in [-0.05, 0) is 17.3 Å². The average molecular weight is 329 g/mol. The molecule has 0 spiro atoms. The number of aryl methyl sites for hydroxylation is 1. The van der Waals surface area contributed by atoms with Gasteiger partial charge in [-0.3, -0.25) is 4.68 Å². The second-order valence-electron chi connectivity index (χ2n) is 5.19. The van der Waals surface area contributed by atoms with Crippen molar-refractivity contribution >= 4 is 17.3 Å². The molecule has 3 heterocycles. The summed E-state index contributed by atoms with van der Waals surface area (Å²) in [4.78, 5) is 1.42. The predicted molar refractivity (Wildman–Crippen MR) is 85.0 cm³/mol. The first kappa shape index (κ1) is 13.9. The number of hydrogen-bond donors (Lipinski definition) is 1. The molecule has 0 amide bonds. The summed E-state index contributed by atoms with van der Waals surface area (Å²) in [5, 5.41) is 21.6. The van der Waals surface area contributed by atoms with Crippen LogP contribution in [0.1, 0.15) is 11.6 Å². The van der Waals surface area contributed by atoms with Gasteiger partial charge in [-0.1, -0.05) is 23.7 Å². The lowest BCUT2D eigenvalue weighted by atomic mass is 10.0. The van der Waals surface area contributed by atoms with Crippen molar-refractivity contribution in [1.82, 2.24) is 35.4 Å². The van der Waals surface area contributed by atoms with E-state index < -0.39 is 0 Å². The zero-order valence-corrected chi connectivity index (χ0v) is 13.0. The lowest BCUT2D eigenvalue weighted by Gasteiger charge is -2.12. The second kappa shape index (κ2) is 5.47. The fourth-order valence-electron chi connectivity index (χ4n) is 2.51. The first-order valence-corrected chi connectivity index (χ1v) is 7.43. The van der Waals surface area contributed by atoms with Crippen LogP contribution in [0.25, 0.3) is 11.4 Å². The highest BCUT2D eigenvalue weighted by molar-refractivity contribution is 6.30. The van der Waals surface area contributed by atoms with Crippen LogP contribution in [-0.2, 0) is 7.05 Å². The highest BCUT2D eigenvalue weighted by Crippen LogP contribution is 2.22. The summed E-state index contributed by atoms with van der Waals surface area (Å²) in [7, 11) is 1.73. The number of halogens is 1. The Morgan fingerprint density at radius 1 is 1.22 bits per heavy atom. The van der Waals surface area contributed by atoms with Gasteiger partial charge in [0.2, 0.25) is 5.82 Å². The monoisotopic (exact) mass is 328 g/mol. The topological polar surface area (TPSA) is 85.8 Å². The summed E-state index contributed by atoms with van der Waals surface area (Å²) in [5.41, 5.74) is 5.79. The molecule has 116 valence electrons. The van der Waals surface area contributed by atoms with Crippen molar-refractivity contribution in [2.75, 3.05) is 6.54 Å². The van der Waals surface area contributed by atoms with Crippen LogP contribution in [0.5, 0.6) is 0 Å². The van der Waals surface area contributed by atoms with Gasteiger partial charge in [0.05, 0.1) is 31.1 Å². The van der Waals surface area contributed by atoms with Crippen molar-refractivity contribution in [3.63, 3.8) is 0 Å². The molecule has 1 atom stereocenters. The largest absolute Gasteiger partial charge is 0.307 e. The molecule has 4 rings (SSSR count). The van der Waals surface area contributed by atoms with Crippen LogP contribution in [0.4, 0.5) is 0 Å². The first-order chi connectivity index (χ1) is 11.2. The molecule has 1 unspecified atom stereocenters. The van der Waals surface area contributed by atoms with Gasteiger partial charge in [0.1, 0.15) is 6.04 Å². The van der Waals surface area contributed by atoms with E-state index >= 15 is 0 Å². The van der Waals surface area contributed by atoms with Crippen molar-refractivity contribution in [3.8, 4) is 11.4 Å². The van der Waals surface area contributed by atoms with Crippen molar-refractivity contribution in [3.05, 3.63) is 47.2 Å². The van der Waals surface area contributed by atoms with Gasteiger partial charge in [-0.25, -0.2) is 0 Å². The van der Waals surface area contributed by atoms with Crippen LogP contribution in [0.15, 0.2) is 41.8 Å². The Kier molecular flexibility index (Phi) is 3.30. The summed E-state index contributed by atoms with van der Waals surface area (Å²) in [6.45, 7) is 0.674. The third-order valence-electron chi connectivity index (χ3n) is 3.63. The van der Waals surface area contributed by atoms with Crippen LogP contribution in [0.2, 0.25) is 5.02 Å². The number of hydrogen-bond acceptors (Lipinski definition) is 6. The van der Waals surface area contributed by atoms with E-state index in [0.717, 1.165) is 16.8 Å². The predicted octanol–water partition coefficient (Wildman–Crippen LogP) is 1.28. The molecule has 0 fully saturated rings. The van der Waals surface area contributed by atoms with E-state index in [9.17, 15) is 0 Å². The van der Waals surface area contributed by atoms with Gasteiger partial charge >= 0.3 is 0 Å². The van der Waals surface area contributed by atoms with E-state index in [4.69, 9.17) is 11.6 Å². The summed E-state index contributed by atoms with van der Waals surface area (Å²) in [6.07, 6.45) is 3.63. The van der Waals surface area contributed by atoms with Crippen molar-refractivity contribution in [2.24, 2.45) is 12.1 Å². The Morgan fingerprint density at radius 3 is 2.78 bits per heavy atom. The number of hydrazone groups is 1. The van der Waals surface area contributed by atoms with Crippen LogP contribution in [-0.4, -0.2) is 42.2 Å². The molecule has 0 saturated heterocycles. The molecule has 0 bridgehead atoms. The van der Waals surface area contributed by atoms with Crippen molar-refractivity contribution < 1.29 is 0 Å². The summed E-state index contributed by atoms with van der Waals surface area (Å²) in [6, 6.07) is 7.62. The summed E-state index contributed by atoms with van der Waals surface area (Å²) in [5.74, 6) is 0.551. The van der Waals surface area contributed by atoms with E-state index in [2.05, 4.69) is 31.0 Å². The second-order valence-corrected chi connectivity index (χ2v) is 5.63. The molecule has 8 nitrogen and oxygen atoms in total. The van der Waals surface area contributed by atoms with Crippen LogP contribution in [0.3, 0.4) is 0 Å². The minimum absolute atomic E-state index is 0.00148. The average Bonchev–Trinajstić information content (AvgIpc) is 3.26. The SMILES string of the molecule is Cn1nnc(-c2cnn(C3CNN=C3c3ccc(Cl)cc3)c2)n1. The maximum Gasteiger partial charge on any atom is 0.208 e. The number of nitrogens with zero attached hydrogens (tertiary/aromatic N) is 7. The van der Waals surface area contributed by atoms with Gasteiger partial charge in [0.25, 0.3) is 0 Å². The summed E-state index contributed by atoms with van der Waals surface area (Å²) >= 11 is 5.95. The third-order valence-corrected chi connectivity index (χ3v) is 3.88. The smallest absolute Gasteiger partial charge is 0.208 e. The number of benzene rings is 1. The molecule has 1 aliphatic rings. The molecule has 1 aromatic carbocycles. The van der Waals surface area contributed by atoms with Crippen molar-refractivity contribution in [2.45, 2.75) is 6.04 Å². The van der Waals surface area contributed by atoms with Gasteiger partial charge in [-0.2, -0.15) is 15.0 Å². The molecule has 1 N–H and O–H groups in total. The molecule has 9 heteroatoms. The highest BCUT2D eigenvalue weighted by Gasteiger charge is 2.25. The minimum atomic E-state index is 0.00148. The lowest BCUT2D eigenvalue weighted by Crippen LogP contribution is -2.21. The van der Waals surface area contributed by atoms with Gasteiger partial charge in [-0.15, -0.1) is 10.2 Å². The maximum absolute atomic E-state index is 5.95. The standard InChI is InChI=1S/C14H13ClN8/c1-22-20-14(19-21-22)10-6-17-23(8-10)12-7-16-18-13(12)9-2-4-11(15)5-3-9/h2-6,8,12,16H,7H2,1H3. The Labute approximate surface area is 136 Å². The molecular weight excluding hydrogens is 316 g/mol. The lowest BCUT2D eigenvalue weighted by molar-refractivity contribution is 0.561. The maximum atomic E-state index is 5.95. The molecule has 1 aliphatic heterocycles. The quantitative estimate of drug-likeness (QED) is 0.782. The molecule has 23 heavy (non-hydrogen) atoms. The van der Waals surface area contributed by atoms with E-state index in [1.54, 1.807) is 13.2 Å². The Balaban J connectivity index is 1.64. The van der Waals surface area contributed by atoms with E-state index in [-0.39, 0.29) is 6.04 Å². The van der Waals surface area contributed by atoms with Crippen LogP contribution >= 0.6 is 11.6 Å². The van der Waals surface area contributed by atoms with Crippen LogP contribution < -0.4 is 5.43 Å². The van der Waals surface area contributed by atoms with E-state index in [1.807, 2.05) is 35.1 Å². The fourth-order valence-corrected chi connectivity index (χ4v) is 2.63. The number of rotatable bonds is 3. The third kappa shape index (κ3) is 2.57. The zero-order chi connectivity index (χ0) is 15.8. The molecule has 0 radical (unpaired) electrons. The van der Waals surface area contributed by atoms with Crippen molar-refractivity contribution in [1.29, 1.82) is 0 Å². The highest BCUT2D eigenvalue weighted by atomic mass is 35.5. The first-order valence-electron chi connectivity index (χ1n) is 7.05. The Bertz CT molecular complexity index is 863. The molecular formula is C14H13ClN8. The van der Waals surface area contributed by atoms with Gasteiger partial charge in [0, 0.05) is 16.8 Å². The number of nitrogens with one attached hydrogen (secondary N) is 1. The molecule has 0 aliphatic carbocycles. The van der Waals surface area contributed by atoms with Gasteiger partial charge in [0.15, 0.2) is 0 Å². The number of tetrazole rings is 1. The Hall–Kier alpha value is -2.74. The Morgan fingerprint density at radius 2 is 2.04 bits per heavy atom. The molecule has 0 saturated carbocycles. The van der Waals surface area contributed by atoms with E-state index in [0.29, 0.717) is 17.4 Å². The van der Waals surface area contributed by atoms with E-state index in [1.165, 1.54) is 4.80 Å². The normalized spacial score (nSPS) is 17.1. The fraction of sp³-hybridized carbons (Fsp3) is 0.214. The molecule has 2 aromatic heterocycles. The summed E-state index contributed by atoms with van der Waals surface area (Å²) < 4.78 is 1.86. The van der Waals surface area contributed by atoms with Gasteiger partial charge < -0.3 is 5.43 Å². The zero-order valence-electron chi connectivity index (χ0n) is 12.3. The molecule has 3 aromatic rings. The minimum Gasteiger partial charge on any atom is -0.307 e. The van der Waals surface area contributed by atoms with Crippen LogP contribution in [0, 0.1) is 0 Å². The number of aromatic nitrogens is 6.